The van der Waals surface area contributed by atoms with Crippen molar-refractivity contribution in [1.82, 2.24) is 5.32 Å². The summed E-state index contributed by atoms with van der Waals surface area (Å²) in [6.45, 7) is -1.42. The molecule has 1 unspecified atom stereocenters. The molecule has 0 saturated carbocycles. The summed E-state index contributed by atoms with van der Waals surface area (Å²) in [5.41, 5.74) is 0.399. The quantitative estimate of drug-likeness (QED) is 0.888. The average molecular weight is 309 g/mol. The van der Waals surface area contributed by atoms with Crippen molar-refractivity contribution in [3.05, 3.63) is 24.3 Å². The van der Waals surface area contributed by atoms with E-state index in [0.29, 0.717) is 25.4 Å². The number of amides is 1. The number of carbonyl (C=O) groups is 1. The third kappa shape index (κ3) is 4.92. The molecule has 0 radical (unpaired) electrons. The molecule has 1 aromatic rings. The summed E-state index contributed by atoms with van der Waals surface area (Å²) in [7, 11) is 0. The van der Waals surface area contributed by atoms with Crippen molar-refractivity contribution in [2.24, 2.45) is 0 Å². The van der Waals surface area contributed by atoms with Crippen molar-refractivity contribution in [1.29, 1.82) is 0 Å². The number of benzene rings is 1. The highest BCUT2D eigenvalue weighted by Crippen LogP contribution is 2.19. The summed E-state index contributed by atoms with van der Waals surface area (Å²) in [5.74, 6) is -0.269. The van der Waals surface area contributed by atoms with E-state index in [2.05, 4.69) is 15.4 Å². The van der Waals surface area contributed by atoms with Crippen LogP contribution in [0.25, 0.3) is 0 Å². The summed E-state index contributed by atoms with van der Waals surface area (Å²) in [5, 5.41) is 5.62. The van der Waals surface area contributed by atoms with Gasteiger partial charge in [0.05, 0.1) is 13.2 Å². The molecule has 0 aromatic heterocycles. The second kappa shape index (κ2) is 7.98. The highest BCUT2D eigenvalue weighted by molar-refractivity contribution is 5.95. The predicted octanol–water partition coefficient (Wildman–Crippen LogP) is 1.64. The SMILES string of the molecule is Cl.O=C(Nc1cccc(OC(F)F)c1)C1COCCN1. The minimum absolute atomic E-state index is 0. The van der Waals surface area contributed by atoms with E-state index in [0.717, 1.165) is 0 Å². The van der Waals surface area contributed by atoms with Crippen LogP contribution in [0.2, 0.25) is 0 Å². The van der Waals surface area contributed by atoms with E-state index in [4.69, 9.17) is 4.74 Å². The van der Waals surface area contributed by atoms with Gasteiger partial charge in [0, 0.05) is 18.3 Å². The van der Waals surface area contributed by atoms with Gasteiger partial charge in [0.1, 0.15) is 11.8 Å². The highest BCUT2D eigenvalue weighted by atomic mass is 35.5. The van der Waals surface area contributed by atoms with Crippen LogP contribution in [0.3, 0.4) is 0 Å². The number of morpholine rings is 1. The maximum absolute atomic E-state index is 12.1. The molecule has 1 aliphatic rings. The molecule has 1 atom stereocenters. The fourth-order valence-electron chi connectivity index (χ4n) is 1.71. The van der Waals surface area contributed by atoms with Gasteiger partial charge >= 0.3 is 6.61 Å². The number of hydrogen-bond donors (Lipinski definition) is 2. The Bertz CT molecular complexity index is 442. The topological polar surface area (TPSA) is 59.6 Å². The molecular weight excluding hydrogens is 294 g/mol. The molecule has 1 fully saturated rings. The van der Waals surface area contributed by atoms with Gasteiger partial charge in [-0.15, -0.1) is 12.4 Å². The maximum Gasteiger partial charge on any atom is 0.387 e. The lowest BCUT2D eigenvalue weighted by Crippen LogP contribution is -2.48. The molecule has 1 saturated heterocycles. The Labute approximate surface area is 121 Å². The molecule has 1 aliphatic heterocycles. The van der Waals surface area contributed by atoms with E-state index in [1.54, 1.807) is 6.07 Å². The first kappa shape index (κ1) is 16.6. The Hall–Kier alpha value is -1.44. The van der Waals surface area contributed by atoms with Crippen LogP contribution in [-0.4, -0.2) is 38.3 Å². The summed E-state index contributed by atoms with van der Waals surface area (Å²) < 4.78 is 33.6. The van der Waals surface area contributed by atoms with Gasteiger partial charge in [0.15, 0.2) is 0 Å². The molecule has 20 heavy (non-hydrogen) atoms. The Morgan fingerprint density at radius 1 is 1.50 bits per heavy atom. The first-order valence-corrected chi connectivity index (χ1v) is 5.82. The van der Waals surface area contributed by atoms with Crippen LogP contribution < -0.4 is 15.4 Å². The zero-order chi connectivity index (χ0) is 13.7. The molecule has 0 bridgehead atoms. The molecule has 1 aromatic carbocycles. The highest BCUT2D eigenvalue weighted by Gasteiger charge is 2.21. The third-order valence-electron chi connectivity index (χ3n) is 2.56. The number of ether oxygens (including phenoxy) is 2. The van der Waals surface area contributed by atoms with Crippen LogP contribution in [0.4, 0.5) is 14.5 Å². The molecule has 1 amide bonds. The van der Waals surface area contributed by atoms with Gasteiger partial charge in [-0.1, -0.05) is 6.07 Å². The van der Waals surface area contributed by atoms with E-state index in [1.165, 1.54) is 18.2 Å². The number of nitrogens with one attached hydrogen (secondary N) is 2. The van der Waals surface area contributed by atoms with E-state index >= 15 is 0 Å². The smallest absolute Gasteiger partial charge is 0.387 e. The Morgan fingerprint density at radius 3 is 2.95 bits per heavy atom. The van der Waals surface area contributed by atoms with Crippen LogP contribution in [0.15, 0.2) is 24.3 Å². The lowest BCUT2D eigenvalue weighted by atomic mass is 10.2. The lowest BCUT2D eigenvalue weighted by Gasteiger charge is -2.22. The summed E-state index contributed by atoms with van der Waals surface area (Å²) in [6.07, 6.45) is 0. The molecule has 8 heteroatoms. The number of alkyl halides is 2. The Kier molecular flexibility index (Phi) is 6.63. The van der Waals surface area contributed by atoms with Gasteiger partial charge in [-0.05, 0) is 12.1 Å². The number of carbonyl (C=O) groups excluding carboxylic acids is 1. The minimum Gasteiger partial charge on any atom is -0.435 e. The minimum atomic E-state index is -2.89. The van der Waals surface area contributed by atoms with Gasteiger partial charge in [0.2, 0.25) is 5.91 Å². The van der Waals surface area contributed by atoms with Crippen LogP contribution in [0, 0.1) is 0 Å². The van der Waals surface area contributed by atoms with Crippen molar-refractivity contribution in [2.45, 2.75) is 12.7 Å². The third-order valence-corrected chi connectivity index (χ3v) is 2.56. The van der Waals surface area contributed by atoms with E-state index in [-0.39, 0.29) is 24.1 Å². The molecule has 0 spiro atoms. The van der Waals surface area contributed by atoms with Crippen LogP contribution in [-0.2, 0) is 9.53 Å². The number of rotatable bonds is 4. The Balaban J connectivity index is 0.00000200. The van der Waals surface area contributed by atoms with Crippen molar-refractivity contribution < 1.29 is 23.0 Å². The van der Waals surface area contributed by atoms with Gasteiger partial charge in [-0.2, -0.15) is 8.78 Å². The van der Waals surface area contributed by atoms with E-state index in [9.17, 15) is 13.6 Å². The fraction of sp³-hybridized carbons (Fsp3) is 0.417. The van der Waals surface area contributed by atoms with Crippen LogP contribution in [0.5, 0.6) is 5.75 Å². The van der Waals surface area contributed by atoms with E-state index in [1.807, 2.05) is 0 Å². The lowest BCUT2D eigenvalue weighted by molar-refractivity contribution is -0.120. The van der Waals surface area contributed by atoms with Crippen LogP contribution in [0.1, 0.15) is 0 Å². The molecule has 1 heterocycles. The van der Waals surface area contributed by atoms with Gasteiger partial charge in [-0.25, -0.2) is 0 Å². The van der Waals surface area contributed by atoms with Crippen molar-refractivity contribution >= 4 is 24.0 Å². The maximum atomic E-state index is 12.1. The van der Waals surface area contributed by atoms with Gasteiger partial charge in [-0.3, -0.25) is 4.79 Å². The average Bonchev–Trinajstić information content (AvgIpc) is 2.39. The summed E-state index contributed by atoms with van der Waals surface area (Å²) in [4.78, 5) is 11.9. The summed E-state index contributed by atoms with van der Waals surface area (Å²) in [6, 6.07) is 5.42. The van der Waals surface area contributed by atoms with Crippen LogP contribution >= 0.6 is 12.4 Å². The van der Waals surface area contributed by atoms with Crippen molar-refractivity contribution in [3.63, 3.8) is 0 Å². The second-order valence-electron chi connectivity index (χ2n) is 3.98. The van der Waals surface area contributed by atoms with Crippen molar-refractivity contribution in [2.75, 3.05) is 25.1 Å². The molecule has 112 valence electrons. The number of anilines is 1. The first-order chi connectivity index (χ1) is 9.15. The van der Waals surface area contributed by atoms with Crippen molar-refractivity contribution in [3.8, 4) is 5.75 Å². The number of hydrogen-bond acceptors (Lipinski definition) is 4. The summed E-state index contributed by atoms with van der Waals surface area (Å²) >= 11 is 0. The molecule has 2 rings (SSSR count). The predicted molar refractivity (Wildman–Crippen MR) is 71.6 cm³/mol. The van der Waals surface area contributed by atoms with Gasteiger partial charge in [0.25, 0.3) is 0 Å². The fourth-order valence-corrected chi connectivity index (χ4v) is 1.71. The Morgan fingerprint density at radius 2 is 2.30 bits per heavy atom. The normalized spacial score (nSPS) is 18.2. The largest absolute Gasteiger partial charge is 0.435 e. The van der Waals surface area contributed by atoms with Gasteiger partial charge < -0.3 is 20.1 Å². The molecule has 5 nitrogen and oxygen atoms in total. The first-order valence-electron chi connectivity index (χ1n) is 5.82. The second-order valence-corrected chi connectivity index (χ2v) is 3.98. The zero-order valence-corrected chi connectivity index (χ0v) is 11.3. The molecular formula is C12H15ClF2N2O3. The molecule has 0 aliphatic carbocycles. The molecule has 2 N–H and O–H groups in total. The van der Waals surface area contributed by atoms with E-state index < -0.39 is 12.7 Å². The monoisotopic (exact) mass is 308 g/mol. The number of halogens is 3. The zero-order valence-electron chi connectivity index (χ0n) is 10.5. The standard InChI is InChI=1S/C12H14F2N2O3.ClH/c13-12(14)19-9-3-1-2-8(6-9)16-11(17)10-7-18-5-4-15-10;/h1-3,6,10,12,15H,4-5,7H2,(H,16,17);1H.